The van der Waals surface area contributed by atoms with Crippen LogP contribution in [0.5, 0.6) is 0 Å². The highest BCUT2D eigenvalue weighted by molar-refractivity contribution is 6.26. The van der Waals surface area contributed by atoms with E-state index in [1.54, 1.807) is 0 Å². The summed E-state index contributed by atoms with van der Waals surface area (Å²) in [7, 11) is 0. The molecule has 0 amide bonds. The van der Waals surface area contributed by atoms with E-state index >= 15 is 0 Å². The van der Waals surface area contributed by atoms with Crippen molar-refractivity contribution in [3.8, 4) is 5.69 Å². The summed E-state index contributed by atoms with van der Waals surface area (Å²) >= 11 is 0. The van der Waals surface area contributed by atoms with Gasteiger partial charge in [0.15, 0.2) is 11.2 Å². The summed E-state index contributed by atoms with van der Waals surface area (Å²) < 4.78 is 15.3. The average molecular weight is 423 g/mol. The van der Waals surface area contributed by atoms with E-state index in [9.17, 15) is 0 Å². The lowest BCUT2D eigenvalue weighted by atomic mass is 10.1. The van der Waals surface area contributed by atoms with E-state index < -0.39 is 0 Å². The highest BCUT2D eigenvalue weighted by atomic mass is 16.3. The fourth-order valence-electron chi connectivity index (χ4n) is 5.38. The van der Waals surface area contributed by atoms with Crippen LogP contribution in [-0.4, -0.2) is 4.57 Å². The number of benzene rings is 5. The molecule has 0 bridgehead atoms. The molecule has 8 rings (SSSR count). The van der Waals surface area contributed by atoms with E-state index in [1.807, 2.05) is 30.3 Å². The third kappa shape index (κ3) is 2.14. The van der Waals surface area contributed by atoms with Crippen LogP contribution in [-0.2, 0) is 0 Å². The first-order chi connectivity index (χ1) is 16.4. The fourth-order valence-corrected chi connectivity index (χ4v) is 5.38. The van der Waals surface area contributed by atoms with Gasteiger partial charge in [0.1, 0.15) is 11.2 Å². The first kappa shape index (κ1) is 17.1. The number of aromatic nitrogens is 1. The van der Waals surface area contributed by atoms with Crippen LogP contribution in [0.1, 0.15) is 0 Å². The van der Waals surface area contributed by atoms with Crippen molar-refractivity contribution in [2.24, 2.45) is 0 Å². The maximum Gasteiger partial charge on any atom is 0.160 e. The molecular formula is C30H17NO2. The van der Waals surface area contributed by atoms with Gasteiger partial charge in [-0.1, -0.05) is 66.7 Å². The fraction of sp³-hybridized carbons (Fsp3) is 0. The third-order valence-corrected chi connectivity index (χ3v) is 6.79. The van der Waals surface area contributed by atoms with E-state index in [0.29, 0.717) is 0 Å². The number of hydrogen-bond acceptors (Lipinski definition) is 2. The zero-order chi connectivity index (χ0) is 21.5. The average Bonchev–Trinajstić information content (AvgIpc) is 3.53. The zero-order valence-electron chi connectivity index (χ0n) is 17.6. The molecule has 3 heterocycles. The molecule has 0 aliphatic heterocycles. The predicted octanol–water partition coefficient (Wildman–Crippen LogP) is 8.58. The maximum absolute atomic E-state index is 6.48. The van der Waals surface area contributed by atoms with E-state index in [1.165, 1.54) is 0 Å². The van der Waals surface area contributed by atoms with Crippen LogP contribution in [0.4, 0.5) is 0 Å². The van der Waals surface area contributed by atoms with Crippen molar-refractivity contribution in [3.05, 3.63) is 103 Å². The van der Waals surface area contributed by atoms with E-state index in [4.69, 9.17) is 8.83 Å². The van der Waals surface area contributed by atoms with Crippen molar-refractivity contribution >= 4 is 65.7 Å². The Hall–Kier alpha value is -4.50. The highest BCUT2D eigenvalue weighted by Gasteiger charge is 2.22. The Morgan fingerprint density at radius 3 is 1.39 bits per heavy atom. The zero-order valence-corrected chi connectivity index (χ0v) is 17.6. The Balaban J connectivity index is 1.69. The van der Waals surface area contributed by atoms with Crippen LogP contribution in [0, 0.1) is 0 Å². The van der Waals surface area contributed by atoms with E-state index in [0.717, 1.165) is 71.4 Å². The Labute approximate surface area is 188 Å². The lowest BCUT2D eigenvalue weighted by Crippen LogP contribution is -1.93. The molecule has 0 saturated carbocycles. The molecule has 0 aliphatic rings. The van der Waals surface area contributed by atoms with Crippen molar-refractivity contribution < 1.29 is 8.83 Å². The molecule has 3 nitrogen and oxygen atoms in total. The second-order valence-corrected chi connectivity index (χ2v) is 8.54. The first-order valence-electron chi connectivity index (χ1n) is 11.1. The minimum atomic E-state index is 0.901. The molecule has 0 saturated heterocycles. The topological polar surface area (TPSA) is 31.2 Å². The molecule has 0 aliphatic carbocycles. The number of furan rings is 2. The van der Waals surface area contributed by atoms with Gasteiger partial charge < -0.3 is 13.4 Å². The molecule has 3 aromatic heterocycles. The van der Waals surface area contributed by atoms with Crippen LogP contribution < -0.4 is 0 Å². The van der Waals surface area contributed by atoms with Crippen molar-refractivity contribution in [1.29, 1.82) is 0 Å². The van der Waals surface area contributed by atoms with Crippen molar-refractivity contribution in [2.75, 3.05) is 0 Å². The van der Waals surface area contributed by atoms with Gasteiger partial charge in [-0.25, -0.2) is 0 Å². The Morgan fingerprint density at radius 1 is 0.394 bits per heavy atom. The molecule has 0 unspecified atom stereocenters. The molecule has 0 spiro atoms. The van der Waals surface area contributed by atoms with Gasteiger partial charge in [-0.2, -0.15) is 0 Å². The summed E-state index contributed by atoms with van der Waals surface area (Å²) in [5.41, 5.74) is 6.82. The summed E-state index contributed by atoms with van der Waals surface area (Å²) in [5, 5.41) is 6.82. The van der Waals surface area contributed by atoms with E-state index in [-0.39, 0.29) is 0 Å². The minimum absolute atomic E-state index is 0.901. The molecule has 33 heavy (non-hydrogen) atoms. The van der Waals surface area contributed by atoms with Crippen LogP contribution >= 0.6 is 0 Å². The van der Waals surface area contributed by atoms with Crippen LogP contribution in [0.2, 0.25) is 0 Å². The Morgan fingerprint density at radius 2 is 0.848 bits per heavy atom. The van der Waals surface area contributed by atoms with E-state index in [2.05, 4.69) is 77.4 Å². The van der Waals surface area contributed by atoms with Crippen molar-refractivity contribution in [3.63, 3.8) is 0 Å². The first-order valence-corrected chi connectivity index (χ1v) is 11.1. The summed E-state index contributed by atoms with van der Waals surface area (Å²) in [5.74, 6) is 0. The molecule has 5 aromatic carbocycles. The van der Waals surface area contributed by atoms with Gasteiger partial charge in [-0.15, -0.1) is 0 Å². The molecule has 3 heteroatoms. The maximum atomic E-state index is 6.48. The molecule has 154 valence electrons. The largest absolute Gasteiger partial charge is 0.454 e. The molecule has 0 N–H and O–H groups in total. The van der Waals surface area contributed by atoms with Gasteiger partial charge in [-0.05, 0) is 36.4 Å². The summed E-state index contributed by atoms with van der Waals surface area (Å²) in [6.45, 7) is 0. The number of nitrogens with zero attached hydrogens (tertiary/aromatic N) is 1. The standard InChI is InChI=1S/C30H17NO2/c1-2-8-18(9-3-1)31-27-21(14-16-23-19-10-4-6-12-25(19)32-29(23)27)22-15-17-24-20-11-5-7-13-26(20)33-30(24)28(22)31/h1-17H. The monoisotopic (exact) mass is 423 g/mol. The van der Waals surface area contributed by atoms with Crippen LogP contribution in [0.3, 0.4) is 0 Å². The SMILES string of the molecule is c1ccc(-n2c3c(ccc4c5ccccc5oc43)c3ccc4c5ccccc5oc4c32)cc1. The second kappa shape index (κ2) is 6.05. The van der Waals surface area contributed by atoms with Crippen LogP contribution in [0.25, 0.3) is 71.4 Å². The second-order valence-electron chi connectivity index (χ2n) is 8.54. The van der Waals surface area contributed by atoms with Gasteiger partial charge in [-0.3, -0.25) is 0 Å². The molecular weight excluding hydrogens is 406 g/mol. The molecule has 0 atom stereocenters. The Bertz CT molecular complexity index is 1890. The molecule has 0 radical (unpaired) electrons. The molecule has 8 aromatic rings. The van der Waals surface area contributed by atoms with Gasteiger partial charge >= 0.3 is 0 Å². The number of fused-ring (bicyclic) bond motifs is 11. The summed E-state index contributed by atoms with van der Waals surface area (Å²) in [4.78, 5) is 0. The molecule has 0 fully saturated rings. The number of rotatable bonds is 1. The number of hydrogen-bond donors (Lipinski definition) is 0. The van der Waals surface area contributed by atoms with Crippen molar-refractivity contribution in [2.45, 2.75) is 0 Å². The lowest BCUT2D eigenvalue weighted by molar-refractivity contribution is 0.669. The van der Waals surface area contributed by atoms with Gasteiger partial charge in [0, 0.05) is 38.0 Å². The third-order valence-electron chi connectivity index (χ3n) is 6.79. The van der Waals surface area contributed by atoms with Crippen molar-refractivity contribution in [1.82, 2.24) is 4.57 Å². The minimum Gasteiger partial charge on any atom is -0.454 e. The Kier molecular flexibility index (Phi) is 3.14. The van der Waals surface area contributed by atoms with Gasteiger partial charge in [0.25, 0.3) is 0 Å². The normalized spacial score (nSPS) is 12.2. The van der Waals surface area contributed by atoms with Crippen LogP contribution in [0.15, 0.2) is 112 Å². The lowest BCUT2D eigenvalue weighted by Gasteiger charge is -2.08. The van der Waals surface area contributed by atoms with Gasteiger partial charge in [0.2, 0.25) is 0 Å². The summed E-state index contributed by atoms with van der Waals surface area (Å²) in [6.07, 6.45) is 0. The number of para-hydroxylation sites is 3. The smallest absolute Gasteiger partial charge is 0.160 e. The predicted molar refractivity (Wildman–Crippen MR) is 135 cm³/mol. The summed E-state index contributed by atoms with van der Waals surface area (Å²) in [6, 6.07) is 35.8. The highest BCUT2D eigenvalue weighted by Crippen LogP contribution is 2.43. The van der Waals surface area contributed by atoms with Gasteiger partial charge in [0.05, 0.1) is 11.0 Å². The quantitative estimate of drug-likeness (QED) is 0.265.